The number of hydrogen-bond donors (Lipinski definition) is 0. The summed E-state index contributed by atoms with van der Waals surface area (Å²) in [5, 5.41) is 0. The molecule has 0 aromatic heterocycles. The summed E-state index contributed by atoms with van der Waals surface area (Å²) in [4.78, 5) is 0. The third kappa shape index (κ3) is 12.9. The first-order valence-electron chi connectivity index (χ1n) is 9.10. The molecule has 2 fully saturated rings. The molecular formula is C18H36O2. The lowest BCUT2D eigenvalue weighted by molar-refractivity contribution is 0.387. The second kappa shape index (κ2) is 12.6. The predicted molar refractivity (Wildman–Crippen MR) is 86.2 cm³/mol. The molecule has 0 amide bonds. The molecule has 2 aliphatic rings. The molecule has 2 nitrogen and oxygen atoms in total. The highest BCUT2D eigenvalue weighted by Crippen LogP contribution is 2.18. The largest absolute Gasteiger partial charge is 0.373 e. The van der Waals surface area contributed by atoms with Crippen LogP contribution in [0.2, 0.25) is 0 Å². The molecule has 2 unspecified atom stereocenters. The van der Waals surface area contributed by atoms with Gasteiger partial charge in [0.25, 0.3) is 0 Å². The van der Waals surface area contributed by atoms with Gasteiger partial charge in [-0.25, -0.2) is 0 Å². The number of hydrogen-bond acceptors (Lipinski definition) is 2. The molecule has 2 heteroatoms. The van der Waals surface area contributed by atoms with E-state index in [1.807, 2.05) is 0 Å². The number of epoxide rings is 2. The first kappa shape index (κ1) is 18.0. The maximum atomic E-state index is 5.14. The molecule has 0 saturated carbocycles. The van der Waals surface area contributed by atoms with Crippen LogP contribution < -0.4 is 0 Å². The molecule has 0 aliphatic carbocycles. The van der Waals surface area contributed by atoms with Gasteiger partial charge in [-0.15, -0.1) is 0 Å². The lowest BCUT2D eigenvalue weighted by Crippen LogP contribution is -1.85. The minimum atomic E-state index is 0.654. The van der Waals surface area contributed by atoms with Gasteiger partial charge in [0.2, 0.25) is 0 Å². The van der Waals surface area contributed by atoms with Crippen molar-refractivity contribution in [1.29, 1.82) is 0 Å². The molecule has 0 aromatic carbocycles. The van der Waals surface area contributed by atoms with Gasteiger partial charge in [0, 0.05) is 0 Å². The highest BCUT2D eigenvalue weighted by Gasteiger charge is 2.21. The molecular weight excluding hydrogens is 248 g/mol. The summed E-state index contributed by atoms with van der Waals surface area (Å²) in [5.41, 5.74) is 0. The van der Waals surface area contributed by atoms with Crippen LogP contribution in [0.1, 0.15) is 90.9 Å². The van der Waals surface area contributed by atoms with E-state index in [1.165, 1.54) is 77.0 Å². The molecule has 0 bridgehead atoms. The van der Waals surface area contributed by atoms with Crippen molar-refractivity contribution in [2.75, 3.05) is 13.2 Å². The van der Waals surface area contributed by atoms with Gasteiger partial charge < -0.3 is 9.47 Å². The smallest absolute Gasteiger partial charge is 0.0810 e. The molecule has 0 radical (unpaired) electrons. The first-order valence-corrected chi connectivity index (χ1v) is 9.10. The maximum absolute atomic E-state index is 5.14. The second-order valence-corrected chi connectivity index (χ2v) is 6.32. The SMILES string of the molecule is CCCCCCC1CO1.CCCCCCCCC1CO1. The average molecular weight is 284 g/mol. The van der Waals surface area contributed by atoms with E-state index in [9.17, 15) is 0 Å². The summed E-state index contributed by atoms with van der Waals surface area (Å²) in [6.07, 6.45) is 17.9. The van der Waals surface area contributed by atoms with Gasteiger partial charge in [0.05, 0.1) is 25.4 Å². The summed E-state index contributed by atoms with van der Waals surface area (Å²) < 4.78 is 10.2. The van der Waals surface area contributed by atoms with Crippen molar-refractivity contribution in [3.63, 3.8) is 0 Å². The van der Waals surface area contributed by atoms with Crippen molar-refractivity contribution < 1.29 is 9.47 Å². The molecule has 2 atom stereocenters. The second-order valence-electron chi connectivity index (χ2n) is 6.32. The van der Waals surface area contributed by atoms with Gasteiger partial charge in [0.15, 0.2) is 0 Å². The quantitative estimate of drug-likeness (QED) is 0.349. The normalized spacial score (nSPS) is 23.1. The van der Waals surface area contributed by atoms with Crippen LogP contribution in [-0.4, -0.2) is 25.4 Å². The monoisotopic (exact) mass is 284 g/mol. The molecule has 0 aromatic rings. The first-order chi connectivity index (χ1) is 9.86. The van der Waals surface area contributed by atoms with Crippen molar-refractivity contribution in [3.8, 4) is 0 Å². The standard InChI is InChI=1S/C10H20O.C8H16O/c1-2-3-4-5-6-7-8-10-9-11-10;1-2-3-4-5-6-8-7-9-8/h10H,2-9H2,1H3;8H,2-7H2,1H3. The zero-order valence-electron chi connectivity index (χ0n) is 13.9. The van der Waals surface area contributed by atoms with Gasteiger partial charge in [-0.3, -0.25) is 0 Å². The summed E-state index contributed by atoms with van der Waals surface area (Å²) in [6.45, 7) is 6.58. The Hall–Kier alpha value is -0.0800. The van der Waals surface area contributed by atoms with Crippen molar-refractivity contribution in [1.82, 2.24) is 0 Å². The van der Waals surface area contributed by atoms with Crippen molar-refractivity contribution in [3.05, 3.63) is 0 Å². The lowest BCUT2D eigenvalue weighted by Gasteiger charge is -1.97. The van der Waals surface area contributed by atoms with Crippen molar-refractivity contribution in [2.24, 2.45) is 0 Å². The Labute approximate surface area is 126 Å². The molecule has 0 N–H and O–H groups in total. The fourth-order valence-electron chi connectivity index (χ4n) is 2.42. The van der Waals surface area contributed by atoms with Gasteiger partial charge in [-0.1, -0.05) is 78.1 Å². The molecule has 20 heavy (non-hydrogen) atoms. The summed E-state index contributed by atoms with van der Waals surface area (Å²) in [6, 6.07) is 0. The van der Waals surface area contributed by atoms with Crippen LogP contribution >= 0.6 is 0 Å². The van der Waals surface area contributed by atoms with Gasteiger partial charge in [-0.05, 0) is 12.8 Å². The molecule has 2 aliphatic heterocycles. The minimum absolute atomic E-state index is 0.654. The minimum Gasteiger partial charge on any atom is -0.373 e. The fourth-order valence-corrected chi connectivity index (χ4v) is 2.42. The summed E-state index contributed by atoms with van der Waals surface area (Å²) >= 11 is 0. The van der Waals surface area contributed by atoms with E-state index in [2.05, 4.69) is 13.8 Å². The Bertz CT molecular complexity index is 198. The molecule has 2 heterocycles. The van der Waals surface area contributed by atoms with Gasteiger partial charge in [-0.2, -0.15) is 0 Å². The maximum Gasteiger partial charge on any atom is 0.0810 e. The third-order valence-electron chi connectivity index (χ3n) is 4.06. The number of rotatable bonds is 12. The molecule has 0 spiro atoms. The van der Waals surface area contributed by atoms with E-state index in [4.69, 9.17) is 9.47 Å². The van der Waals surface area contributed by atoms with E-state index in [-0.39, 0.29) is 0 Å². The summed E-state index contributed by atoms with van der Waals surface area (Å²) in [5.74, 6) is 0. The van der Waals surface area contributed by atoms with Crippen LogP contribution in [0.3, 0.4) is 0 Å². The predicted octanol–water partition coefficient (Wildman–Crippen LogP) is 5.49. The van der Waals surface area contributed by atoms with Crippen molar-refractivity contribution >= 4 is 0 Å². The lowest BCUT2D eigenvalue weighted by atomic mass is 10.1. The third-order valence-corrected chi connectivity index (χ3v) is 4.06. The average Bonchev–Trinajstić information content (AvgIpc) is 3.34. The van der Waals surface area contributed by atoms with Gasteiger partial charge in [0.1, 0.15) is 0 Å². The van der Waals surface area contributed by atoms with Crippen LogP contribution in [0.15, 0.2) is 0 Å². The zero-order chi connectivity index (χ0) is 14.5. The van der Waals surface area contributed by atoms with E-state index in [1.54, 1.807) is 0 Å². The van der Waals surface area contributed by atoms with Crippen LogP contribution in [0, 0.1) is 0 Å². The van der Waals surface area contributed by atoms with Crippen LogP contribution in [0.25, 0.3) is 0 Å². The highest BCUT2D eigenvalue weighted by atomic mass is 16.6. The fraction of sp³-hybridized carbons (Fsp3) is 1.00. The summed E-state index contributed by atoms with van der Waals surface area (Å²) in [7, 11) is 0. The van der Waals surface area contributed by atoms with Crippen molar-refractivity contribution in [2.45, 2.75) is 103 Å². The van der Waals surface area contributed by atoms with Crippen LogP contribution in [-0.2, 0) is 9.47 Å². The molecule has 120 valence electrons. The Morgan fingerprint density at radius 2 is 0.950 bits per heavy atom. The Morgan fingerprint density at radius 1 is 0.600 bits per heavy atom. The zero-order valence-corrected chi connectivity index (χ0v) is 13.9. The van der Waals surface area contributed by atoms with E-state index in [0.29, 0.717) is 12.2 Å². The van der Waals surface area contributed by atoms with Gasteiger partial charge >= 0.3 is 0 Å². The molecule has 2 rings (SSSR count). The topological polar surface area (TPSA) is 25.1 Å². The van der Waals surface area contributed by atoms with E-state index < -0.39 is 0 Å². The Morgan fingerprint density at radius 3 is 1.35 bits per heavy atom. The number of ether oxygens (including phenoxy) is 2. The van der Waals surface area contributed by atoms with E-state index >= 15 is 0 Å². The molecule has 2 saturated heterocycles. The van der Waals surface area contributed by atoms with Crippen LogP contribution in [0.4, 0.5) is 0 Å². The highest BCUT2D eigenvalue weighted by molar-refractivity contribution is 4.68. The Balaban J connectivity index is 0.000000204. The Kier molecular flexibility index (Phi) is 11.4. The van der Waals surface area contributed by atoms with E-state index in [0.717, 1.165) is 13.2 Å². The number of unbranched alkanes of at least 4 members (excludes halogenated alkanes) is 8. The van der Waals surface area contributed by atoms with Crippen LogP contribution in [0.5, 0.6) is 0 Å².